The molecule has 0 atom stereocenters. The molecule has 0 bridgehead atoms. The van der Waals surface area contributed by atoms with Crippen LogP contribution < -0.4 is 5.32 Å². The van der Waals surface area contributed by atoms with Crippen LogP contribution in [0.2, 0.25) is 0 Å². The highest BCUT2D eigenvalue weighted by atomic mass is 16.3. The number of carbonyl (C=O) groups is 2. The summed E-state index contributed by atoms with van der Waals surface area (Å²) in [6.45, 7) is 1.03. The first-order valence-electron chi connectivity index (χ1n) is 6.92. The maximum atomic E-state index is 12.2. The molecule has 112 valence electrons. The van der Waals surface area contributed by atoms with Crippen LogP contribution in [0.5, 0.6) is 0 Å². The van der Waals surface area contributed by atoms with Gasteiger partial charge in [-0.2, -0.15) is 0 Å². The van der Waals surface area contributed by atoms with Gasteiger partial charge in [-0.3, -0.25) is 14.9 Å². The van der Waals surface area contributed by atoms with Crippen molar-refractivity contribution in [2.75, 3.05) is 27.2 Å². The standard InChI is InChI=1S/C14H18N4O3/c1-17(2)13-15-12(20)14(16-13)4-6-18(7-5-14)11(19)10-3-8-21-9-10/h3,8-9H,4-7H2,1-2H3,(H,15,16,20). The van der Waals surface area contributed by atoms with Crippen molar-refractivity contribution in [3.05, 3.63) is 24.2 Å². The predicted molar refractivity (Wildman–Crippen MR) is 75.8 cm³/mol. The molecule has 3 heterocycles. The number of carbonyl (C=O) groups excluding carboxylic acids is 2. The largest absolute Gasteiger partial charge is 0.472 e. The molecule has 2 aliphatic rings. The molecule has 0 unspecified atom stereocenters. The molecule has 0 aliphatic carbocycles. The Labute approximate surface area is 122 Å². The van der Waals surface area contributed by atoms with Gasteiger partial charge in [0.25, 0.3) is 11.8 Å². The van der Waals surface area contributed by atoms with Crippen molar-refractivity contribution in [1.29, 1.82) is 0 Å². The molecule has 1 aromatic heterocycles. The lowest BCUT2D eigenvalue weighted by Gasteiger charge is -2.35. The minimum absolute atomic E-state index is 0.0613. The predicted octanol–water partition coefficient (Wildman–Crippen LogP) is 0.302. The number of furan rings is 1. The Balaban J connectivity index is 1.70. The summed E-state index contributed by atoms with van der Waals surface area (Å²) in [5.74, 6) is 0.463. The quantitative estimate of drug-likeness (QED) is 0.807. The fourth-order valence-electron chi connectivity index (χ4n) is 2.70. The number of aliphatic imine (C=N–C) groups is 1. The summed E-state index contributed by atoms with van der Waals surface area (Å²) in [6, 6.07) is 1.65. The SMILES string of the molecule is CN(C)C1=NC2(CCN(C(=O)c3ccoc3)CC2)C(=O)N1. The van der Waals surface area contributed by atoms with Gasteiger partial charge < -0.3 is 14.2 Å². The number of nitrogens with zero attached hydrogens (tertiary/aromatic N) is 3. The molecular formula is C14H18N4O3. The van der Waals surface area contributed by atoms with Crippen LogP contribution in [-0.4, -0.2) is 60.3 Å². The second-order valence-electron chi connectivity index (χ2n) is 5.62. The fraction of sp³-hybridized carbons (Fsp3) is 0.500. The van der Waals surface area contributed by atoms with Crippen molar-refractivity contribution in [3.8, 4) is 0 Å². The Morgan fingerprint density at radius 1 is 1.43 bits per heavy atom. The molecule has 1 N–H and O–H groups in total. The van der Waals surface area contributed by atoms with Crippen LogP contribution in [-0.2, 0) is 4.79 Å². The van der Waals surface area contributed by atoms with E-state index in [9.17, 15) is 9.59 Å². The smallest absolute Gasteiger partial charge is 0.257 e. The van der Waals surface area contributed by atoms with Crippen LogP contribution in [0.25, 0.3) is 0 Å². The normalized spacial score (nSPS) is 20.4. The first kappa shape index (κ1) is 13.7. The van der Waals surface area contributed by atoms with Gasteiger partial charge in [-0.15, -0.1) is 0 Å². The second-order valence-corrected chi connectivity index (χ2v) is 5.62. The Bertz CT molecular complexity index is 583. The van der Waals surface area contributed by atoms with Crippen LogP contribution in [0.15, 0.2) is 28.0 Å². The van der Waals surface area contributed by atoms with Crippen LogP contribution in [0.3, 0.4) is 0 Å². The van der Waals surface area contributed by atoms with Gasteiger partial charge in [0.2, 0.25) is 5.96 Å². The molecule has 7 heteroatoms. The number of likely N-dealkylation sites (tertiary alicyclic amines) is 1. The van der Waals surface area contributed by atoms with Gasteiger partial charge in [0.05, 0.1) is 11.8 Å². The number of rotatable bonds is 1. The lowest BCUT2D eigenvalue weighted by atomic mass is 9.88. The fourth-order valence-corrected chi connectivity index (χ4v) is 2.70. The molecule has 0 aromatic carbocycles. The van der Waals surface area contributed by atoms with Crippen LogP contribution >= 0.6 is 0 Å². The van der Waals surface area contributed by atoms with Gasteiger partial charge in [-0.1, -0.05) is 0 Å². The number of hydrogen-bond acceptors (Lipinski definition) is 5. The topological polar surface area (TPSA) is 78.2 Å². The van der Waals surface area contributed by atoms with E-state index in [1.165, 1.54) is 12.5 Å². The summed E-state index contributed by atoms with van der Waals surface area (Å²) in [4.78, 5) is 32.5. The Morgan fingerprint density at radius 2 is 2.14 bits per heavy atom. The minimum atomic E-state index is -0.715. The molecule has 1 fully saturated rings. The Morgan fingerprint density at radius 3 is 2.67 bits per heavy atom. The number of piperidine rings is 1. The number of guanidine groups is 1. The van der Waals surface area contributed by atoms with E-state index in [0.717, 1.165) is 0 Å². The summed E-state index contributed by atoms with van der Waals surface area (Å²) in [7, 11) is 3.69. The molecule has 1 spiro atoms. The van der Waals surface area contributed by atoms with E-state index in [4.69, 9.17) is 4.42 Å². The van der Waals surface area contributed by atoms with Crippen LogP contribution in [0, 0.1) is 0 Å². The average Bonchev–Trinajstić information content (AvgIpc) is 3.09. The zero-order valence-electron chi connectivity index (χ0n) is 12.1. The number of amides is 2. The average molecular weight is 290 g/mol. The Kier molecular flexibility index (Phi) is 3.19. The van der Waals surface area contributed by atoms with E-state index in [0.29, 0.717) is 37.5 Å². The van der Waals surface area contributed by atoms with Crippen molar-refractivity contribution >= 4 is 17.8 Å². The zero-order valence-corrected chi connectivity index (χ0v) is 12.1. The highest BCUT2D eigenvalue weighted by molar-refractivity contribution is 6.07. The van der Waals surface area contributed by atoms with Crippen molar-refractivity contribution < 1.29 is 14.0 Å². The zero-order chi connectivity index (χ0) is 15.0. The van der Waals surface area contributed by atoms with Gasteiger partial charge in [-0.25, -0.2) is 4.99 Å². The van der Waals surface area contributed by atoms with Gasteiger partial charge in [0, 0.05) is 27.2 Å². The molecular weight excluding hydrogens is 272 g/mol. The van der Waals surface area contributed by atoms with E-state index in [2.05, 4.69) is 10.3 Å². The lowest BCUT2D eigenvalue weighted by molar-refractivity contribution is -0.125. The van der Waals surface area contributed by atoms with Crippen molar-refractivity contribution in [2.45, 2.75) is 18.4 Å². The monoisotopic (exact) mass is 290 g/mol. The summed E-state index contributed by atoms with van der Waals surface area (Å²) in [5.41, 5.74) is -0.174. The molecule has 3 rings (SSSR count). The highest BCUT2D eigenvalue weighted by Gasteiger charge is 2.46. The van der Waals surface area contributed by atoms with Crippen molar-refractivity contribution in [1.82, 2.24) is 15.1 Å². The number of hydrogen-bond donors (Lipinski definition) is 1. The molecule has 2 amide bonds. The molecule has 7 nitrogen and oxygen atoms in total. The molecule has 0 saturated carbocycles. The summed E-state index contributed by atoms with van der Waals surface area (Å²) < 4.78 is 4.94. The molecule has 2 aliphatic heterocycles. The summed E-state index contributed by atoms with van der Waals surface area (Å²) in [6.07, 6.45) is 4.01. The van der Waals surface area contributed by atoms with E-state index < -0.39 is 5.54 Å². The summed E-state index contributed by atoms with van der Waals surface area (Å²) >= 11 is 0. The van der Waals surface area contributed by atoms with E-state index in [1.807, 2.05) is 14.1 Å². The third-order valence-electron chi connectivity index (χ3n) is 4.04. The molecule has 0 radical (unpaired) electrons. The van der Waals surface area contributed by atoms with E-state index >= 15 is 0 Å². The highest BCUT2D eigenvalue weighted by Crippen LogP contribution is 2.30. The van der Waals surface area contributed by atoms with Crippen molar-refractivity contribution in [2.24, 2.45) is 4.99 Å². The van der Waals surface area contributed by atoms with E-state index in [-0.39, 0.29) is 11.8 Å². The lowest BCUT2D eigenvalue weighted by Crippen LogP contribution is -2.50. The molecule has 1 aromatic rings. The van der Waals surface area contributed by atoms with Crippen molar-refractivity contribution in [3.63, 3.8) is 0 Å². The third kappa shape index (κ3) is 2.28. The van der Waals surface area contributed by atoms with Crippen LogP contribution in [0.4, 0.5) is 0 Å². The number of nitrogens with one attached hydrogen (secondary N) is 1. The third-order valence-corrected chi connectivity index (χ3v) is 4.04. The minimum Gasteiger partial charge on any atom is -0.472 e. The van der Waals surface area contributed by atoms with Gasteiger partial charge >= 0.3 is 0 Å². The van der Waals surface area contributed by atoms with Gasteiger partial charge in [-0.05, 0) is 18.9 Å². The van der Waals surface area contributed by atoms with Crippen LogP contribution in [0.1, 0.15) is 23.2 Å². The van der Waals surface area contributed by atoms with E-state index in [1.54, 1.807) is 15.9 Å². The maximum Gasteiger partial charge on any atom is 0.257 e. The van der Waals surface area contributed by atoms with Gasteiger partial charge in [0.15, 0.2) is 0 Å². The van der Waals surface area contributed by atoms with Gasteiger partial charge in [0.1, 0.15) is 11.8 Å². The Hall–Kier alpha value is -2.31. The summed E-state index contributed by atoms with van der Waals surface area (Å²) in [5, 5.41) is 2.80. The first-order valence-corrected chi connectivity index (χ1v) is 6.92. The maximum absolute atomic E-state index is 12.2. The second kappa shape index (κ2) is 4.91. The molecule has 1 saturated heterocycles. The molecule has 21 heavy (non-hydrogen) atoms. The first-order chi connectivity index (χ1) is 10.0.